The first-order valence-corrected chi connectivity index (χ1v) is 10.8. The van der Waals surface area contributed by atoms with Crippen LogP contribution in [0.1, 0.15) is 20.3 Å². The highest BCUT2D eigenvalue weighted by molar-refractivity contribution is 7.89. The Kier molecular flexibility index (Phi) is 5.87. The number of carboxylic acid groups (broad SMARTS) is 1. The van der Waals surface area contributed by atoms with Crippen LogP contribution in [0.25, 0.3) is 0 Å². The van der Waals surface area contributed by atoms with Gasteiger partial charge in [0.1, 0.15) is 6.54 Å². The quantitative estimate of drug-likeness (QED) is 0.738. The number of piperidine rings is 1. The number of nitrogens with zero attached hydrogens (tertiary/aromatic N) is 1. The third-order valence-corrected chi connectivity index (χ3v) is 7.28. The number of sulfonamides is 2. The van der Waals surface area contributed by atoms with E-state index in [1.165, 1.54) is 16.4 Å². The normalized spacial score (nSPS) is 22.6. The van der Waals surface area contributed by atoms with Crippen LogP contribution in [0.2, 0.25) is 0 Å². The lowest BCUT2D eigenvalue weighted by Gasteiger charge is -2.34. The largest absolute Gasteiger partial charge is 0.480 e. The Labute approximate surface area is 147 Å². The van der Waals surface area contributed by atoms with Crippen molar-refractivity contribution >= 4 is 26.0 Å². The van der Waals surface area contributed by atoms with Crippen LogP contribution in [0.5, 0.6) is 0 Å². The smallest absolute Gasteiger partial charge is 0.318 e. The summed E-state index contributed by atoms with van der Waals surface area (Å²) in [5.41, 5.74) is 0. The first kappa shape index (κ1) is 19.8. The van der Waals surface area contributed by atoms with Gasteiger partial charge < -0.3 is 5.11 Å². The summed E-state index contributed by atoms with van der Waals surface area (Å²) in [6.45, 7) is 4.13. The van der Waals surface area contributed by atoms with Crippen LogP contribution >= 0.6 is 0 Å². The van der Waals surface area contributed by atoms with Crippen molar-refractivity contribution in [3.05, 3.63) is 24.3 Å². The SMILES string of the molecule is CC1CC(C)CN(S(=O)(=O)c2ccc(S(=O)(=O)NCC(=O)O)cc2)C1. The first-order valence-electron chi connectivity index (χ1n) is 7.84. The van der Waals surface area contributed by atoms with E-state index < -0.39 is 32.6 Å². The summed E-state index contributed by atoms with van der Waals surface area (Å²) in [4.78, 5) is 10.3. The van der Waals surface area contributed by atoms with E-state index in [0.29, 0.717) is 13.1 Å². The van der Waals surface area contributed by atoms with Crippen LogP contribution in [0.15, 0.2) is 34.1 Å². The molecule has 2 N–H and O–H groups in total. The molecule has 2 unspecified atom stereocenters. The van der Waals surface area contributed by atoms with Gasteiger partial charge in [0.05, 0.1) is 9.79 Å². The molecule has 1 aromatic carbocycles. The predicted molar refractivity (Wildman–Crippen MR) is 91.0 cm³/mol. The Balaban J connectivity index is 2.22. The van der Waals surface area contributed by atoms with Crippen LogP contribution in [-0.2, 0) is 24.8 Å². The second kappa shape index (κ2) is 7.40. The molecule has 0 amide bonds. The van der Waals surface area contributed by atoms with Gasteiger partial charge in [-0.15, -0.1) is 0 Å². The van der Waals surface area contributed by atoms with Crippen LogP contribution in [-0.4, -0.2) is 51.9 Å². The summed E-state index contributed by atoms with van der Waals surface area (Å²) in [5.74, 6) is -0.784. The highest BCUT2D eigenvalue weighted by Gasteiger charge is 2.31. The average Bonchev–Trinajstić information content (AvgIpc) is 2.52. The van der Waals surface area contributed by atoms with E-state index in [1.54, 1.807) is 0 Å². The van der Waals surface area contributed by atoms with E-state index in [0.717, 1.165) is 18.6 Å². The number of carboxylic acids is 1. The highest BCUT2D eigenvalue weighted by Crippen LogP contribution is 2.27. The highest BCUT2D eigenvalue weighted by atomic mass is 32.2. The second-order valence-corrected chi connectivity index (χ2v) is 10.2. The molecule has 0 spiro atoms. The minimum absolute atomic E-state index is 0.0194. The van der Waals surface area contributed by atoms with Crippen molar-refractivity contribution in [2.24, 2.45) is 11.8 Å². The Morgan fingerprint density at radius 3 is 2.04 bits per heavy atom. The van der Waals surface area contributed by atoms with Gasteiger partial charge in [-0.05, 0) is 42.5 Å². The van der Waals surface area contributed by atoms with Gasteiger partial charge in [0.2, 0.25) is 20.0 Å². The van der Waals surface area contributed by atoms with E-state index in [1.807, 2.05) is 18.6 Å². The zero-order chi connectivity index (χ0) is 18.8. The Morgan fingerprint density at radius 1 is 1.08 bits per heavy atom. The van der Waals surface area contributed by atoms with Crippen molar-refractivity contribution in [3.8, 4) is 0 Å². The summed E-state index contributed by atoms with van der Waals surface area (Å²) in [5, 5.41) is 8.55. The Morgan fingerprint density at radius 2 is 1.56 bits per heavy atom. The maximum atomic E-state index is 12.7. The Bertz CT molecular complexity index is 823. The zero-order valence-electron chi connectivity index (χ0n) is 14.0. The van der Waals surface area contributed by atoms with Crippen LogP contribution in [0.3, 0.4) is 0 Å². The lowest BCUT2D eigenvalue weighted by atomic mass is 9.94. The molecule has 1 aromatic rings. The third kappa shape index (κ3) is 4.78. The number of aliphatic carboxylic acids is 1. The average molecular weight is 390 g/mol. The number of nitrogens with one attached hydrogen (secondary N) is 1. The standard InChI is InChI=1S/C15H22N2O6S2/c1-11-7-12(2)10-17(9-11)25(22,23)14-5-3-13(4-6-14)24(20,21)16-8-15(18)19/h3-6,11-12,16H,7-10H2,1-2H3,(H,18,19). The first-order chi connectivity index (χ1) is 11.5. The maximum absolute atomic E-state index is 12.7. The molecule has 0 aliphatic carbocycles. The van der Waals surface area contributed by atoms with Gasteiger partial charge in [0.15, 0.2) is 0 Å². The molecule has 25 heavy (non-hydrogen) atoms. The fourth-order valence-corrected chi connectivity index (χ4v) is 5.64. The van der Waals surface area contributed by atoms with E-state index in [2.05, 4.69) is 0 Å². The zero-order valence-corrected chi connectivity index (χ0v) is 15.7. The second-order valence-electron chi connectivity index (χ2n) is 6.46. The molecule has 1 heterocycles. The van der Waals surface area contributed by atoms with Crippen molar-refractivity contribution < 1.29 is 26.7 Å². The molecular formula is C15H22N2O6S2. The minimum atomic E-state index is -4.00. The van der Waals surface area contributed by atoms with Gasteiger partial charge in [-0.25, -0.2) is 16.8 Å². The van der Waals surface area contributed by atoms with Gasteiger partial charge in [-0.3, -0.25) is 4.79 Å². The van der Waals surface area contributed by atoms with Crippen molar-refractivity contribution in [1.82, 2.24) is 9.03 Å². The van der Waals surface area contributed by atoms with E-state index in [9.17, 15) is 21.6 Å². The molecule has 1 aliphatic rings. The third-order valence-electron chi connectivity index (χ3n) is 4.02. The van der Waals surface area contributed by atoms with E-state index in [4.69, 9.17) is 5.11 Å². The van der Waals surface area contributed by atoms with Crippen LogP contribution < -0.4 is 4.72 Å². The van der Waals surface area contributed by atoms with Crippen LogP contribution in [0.4, 0.5) is 0 Å². The van der Waals surface area contributed by atoms with Crippen molar-refractivity contribution in [1.29, 1.82) is 0 Å². The molecule has 1 saturated heterocycles. The van der Waals surface area contributed by atoms with Gasteiger partial charge in [-0.2, -0.15) is 9.03 Å². The Hall–Kier alpha value is -1.49. The van der Waals surface area contributed by atoms with Gasteiger partial charge >= 0.3 is 5.97 Å². The molecule has 2 atom stereocenters. The molecule has 8 nitrogen and oxygen atoms in total. The lowest BCUT2D eigenvalue weighted by Crippen LogP contribution is -2.42. The number of benzene rings is 1. The van der Waals surface area contributed by atoms with Gasteiger partial charge in [0, 0.05) is 13.1 Å². The summed E-state index contributed by atoms with van der Waals surface area (Å²) >= 11 is 0. The molecule has 1 aliphatic heterocycles. The van der Waals surface area contributed by atoms with E-state index in [-0.39, 0.29) is 21.6 Å². The molecular weight excluding hydrogens is 368 g/mol. The molecule has 2 rings (SSSR count). The summed E-state index contributed by atoms with van der Waals surface area (Å²) in [7, 11) is -7.69. The molecule has 0 bridgehead atoms. The van der Waals surface area contributed by atoms with Gasteiger partial charge in [0.25, 0.3) is 0 Å². The van der Waals surface area contributed by atoms with Gasteiger partial charge in [-0.1, -0.05) is 13.8 Å². The van der Waals surface area contributed by atoms with Crippen molar-refractivity contribution in [3.63, 3.8) is 0 Å². The fourth-order valence-electron chi connectivity index (χ4n) is 2.98. The minimum Gasteiger partial charge on any atom is -0.480 e. The van der Waals surface area contributed by atoms with Crippen molar-refractivity contribution in [2.75, 3.05) is 19.6 Å². The lowest BCUT2D eigenvalue weighted by molar-refractivity contribution is -0.135. The molecule has 0 radical (unpaired) electrons. The molecule has 0 aromatic heterocycles. The number of hydrogen-bond acceptors (Lipinski definition) is 5. The molecule has 140 valence electrons. The summed E-state index contributed by atoms with van der Waals surface area (Å²) in [6.07, 6.45) is 0.971. The maximum Gasteiger partial charge on any atom is 0.318 e. The molecule has 10 heteroatoms. The molecule has 1 fully saturated rings. The predicted octanol–water partition coefficient (Wildman–Crippen LogP) is 0.716. The number of rotatable bonds is 6. The van der Waals surface area contributed by atoms with Crippen molar-refractivity contribution in [2.45, 2.75) is 30.1 Å². The fraction of sp³-hybridized carbons (Fsp3) is 0.533. The summed E-state index contributed by atoms with van der Waals surface area (Å²) in [6, 6.07) is 4.78. The number of hydrogen-bond donors (Lipinski definition) is 2. The molecule has 0 saturated carbocycles. The topological polar surface area (TPSA) is 121 Å². The number of carbonyl (C=O) groups is 1. The van der Waals surface area contributed by atoms with Crippen LogP contribution in [0, 0.1) is 11.8 Å². The summed E-state index contributed by atoms with van der Waals surface area (Å²) < 4.78 is 52.7. The monoisotopic (exact) mass is 390 g/mol. The van der Waals surface area contributed by atoms with E-state index >= 15 is 0 Å².